The van der Waals surface area contributed by atoms with Gasteiger partial charge >= 0.3 is 0 Å². The summed E-state index contributed by atoms with van der Waals surface area (Å²) < 4.78 is 1.00. The first kappa shape index (κ1) is 10.1. The Labute approximate surface area is 86.9 Å². The second kappa shape index (κ2) is 4.29. The summed E-state index contributed by atoms with van der Waals surface area (Å²) >= 11 is 3.44. The zero-order valence-corrected chi connectivity index (χ0v) is 9.30. The van der Waals surface area contributed by atoms with E-state index in [4.69, 9.17) is 5.26 Å². The van der Waals surface area contributed by atoms with Crippen LogP contribution in [0.5, 0.6) is 0 Å². The molecule has 0 spiro atoms. The second-order valence-electron chi connectivity index (χ2n) is 2.97. The van der Waals surface area contributed by atoms with Crippen LogP contribution < -0.4 is 4.90 Å². The first-order valence-electron chi connectivity index (χ1n) is 3.98. The van der Waals surface area contributed by atoms with E-state index in [1.165, 1.54) is 0 Å². The van der Waals surface area contributed by atoms with Crippen LogP contribution in [0, 0.1) is 11.3 Å². The van der Waals surface area contributed by atoms with Gasteiger partial charge in [0, 0.05) is 29.8 Å². The van der Waals surface area contributed by atoms with Gasteiger partial charge in [0.25, 0.3) is 0 Å². The molecule has 0 aliphatic rings. The molecule has 1 rings (SSSR count). The number of nitriles is 1. The third-order valence-electron chi connectivity index (χ3n) is 1.83. The molecule has 13 heavy (non-hydrogen) atoms. The van der Waals surface area contributed by atoms with E-state index in [1.807, 2.05) is 37.2 Å². The minimum absolute atomic E-state index is 0.439. The molecule has 0 heterocycles. The summed E-state index contributed by atoms with van der Waals surface area (Å²) in [4.78, 5) is 2.01. The average Bonchev–Trinajstić information content (AvgIpc) is 2.08. The molecule has 0 aliphatic carbocycles. The van der Waals surface area contributed by atoms with Crippen molar-refractivity contribution in [2.45, 2.75) is 6.42 Å². The quantitative estimate of drug-likeness (QED) is 0.793. The predicted octanol–water partition coefficient (Wildman–Crippen LogP) is 2.58. The maximum absolute atomic E-state index is 8.66. The summed E-state index contributed by atoms with van der Waals surface area (Å²) in [5.41, 5.74) is 2.14. The van der Waals surface area contributed by atoms with Crippen molar-refractivity contribution in [2.75, 3.05) is 19.0 Å². The third-order valence-corrected chi connectivity index (χ3v) is 2.57. The number of benzene rings is 1. The van der Waals surface area contributed by atoms with Crippen molar-refractivity contribution in [1.82, 2.24) is 0 Å². The predicted molar refractivity (Wildman–Crippen MR) is 57.8 cm³/mol. The Balaban J connectivity index is 3.19. The van der Waals surface area contributed by atoms with Gasteiger partial charge in [-0.2, -0.15) is 5.26 Å². The number of anilines is 1. The van der Waals surface area contributed by atoms with E-state index in [2.05, 4.69) is 22.0 Å². The highest BCUT2D eigenvalue weighted by Crippen LogP contribution is 2.26. The number of hydrogen-bond donors (Lipinski definition) is 0. The molecule has 3 heteroatoms. The average molecular weight is 239 g/mol. The molecular weight excluding hydrogens is 228 g/mol. The van der Waals surface area contributed by atoms with E-state index in [0.717, 1.165) is 15.7 Å². The summed E-state index contributed by atoms with van der Waals surface area (Å²) in [5.74, 6) is 0. The summed E-state index contributed by atoms with van der Waals surface area (Å²) in [7, 11) is 3.95. The lowest BCUT2D eigenvalue weighted by Crippen LogP contribution is -2.11. The van der Waals surface area contributed by atoms with E-state index in [-0.39, 0.29) is 0 Å². The van der Waals surface area contributed by atoms with Gasteiger partial charge < -0.3 is 4.90 Å². The molecule has 0 atom stereocenters. The van der Waals surface area contributed by atoms with Gasteiger partial charge in [-0.3, -0.25) is 0 Å². The molecule has 0 fully saturated rings. The maximum atomic E-state index is 8.66. The van der Waals surface area contributed by atoms with E-state index in [9.17, 15) is 0 Å². The summed E-state index contributed by atoms with van der Waals surface area (Å²) in [6.45, 7) is 0. The lowest BCUT2D eigenvalue weighted by Gasteiger charge is -2.16. The van der Waals surface area contributed by atoms with E-state index in [0.29, 0.717) is 6.42 Å². The largest absolute Gasteiger partial charge is 0.377 e. The van der Waals surface area contributed by atoms with Gasteiger partial charge in [-0.1, -0.05) is 22.0 Å². The Kier molecular flexibility index (Phi) is 3.32. The van der Waals surface area contributed by atoms with Crippen molar-refractivity contribution < 1.29 is 0 Å². The molecule has 0 aromatic heterocycles. The van der Waals surface area contributed by atoms with Crippen LogP contribution in [0.3, 0.4) is 0 Å². The van der Waals surface area contributed by atoms with Crippen LogP contribution in [0.25, 0.3) is 0 Å². The van der Waals surface area contributed by atoms with E-state index in [1.54, 1.807) is 0 Å². The van der Waals surface area contributed by atoms with Crippen LogP contribution >= 0.6 is 15.9 Å². The number of nitrogens with zero attached hydrogens (tertiary/aromatic N) is 2. The molecule has 1 aromatic carbocycles. The molecule has 0 unspecified atom stereocenters. The lowest BCUT2D eigenvalue weighted by molar-refractivity contribution is 1.09. The van der Waals surface area contributed by atoms with Crippen molar-refractivity contribution in [1.29, 1.82) is 5.26 Å². The molecule has 0 aliphatic heterocycles. The van der Waals surface area contributed by atoms with Gasteiger partial charge in [0.2, 0.25) is 0 Å². The van der Waals surface area contributed by atoms with Crippen molar-refractivity contribution in [2.24, 2.45) is 0 Å². The van der Waals surface area contributed by atoms with Gasteiger partial charge in [-0.25, -0.2) is 0 Å². The Morgan fingerprint density at radius 1 is 1.46 bits per heavy atom. The summed E-state index contributed by atoms with van der Waals surface area (Å²) in [6, 6.07) is 8.11. The molecule has 2 nitrogen and oxygen atoms in total. The molecule has 0 saturated carbocycles. The van der Waals surface area contributed by atoms with Crippen LogP contribution in [0.1, 0.15) is 5.56 Å². The van der Waals surface area contributed by atoms with Gasteiger partial charge in [-0.05, 0) is 12.1 Å². The first-order chi connectivity index (χ1) is 6.16. The zero-order valence-electron chi connectivity index (χ0n) is 7.71. The van der Waals surface area contributed by atoms with Crippen molar-refractivity contribution in [3.05, 3.63) is 28.2 Å². The van der Waals surface area contributed by atoms with Crippen LogP contribution in [0.4, 0.5) is 5.69 Å². The normalized spacial score (nSPS) is 9.38. The summed E-state index contributed by atoms with van der Waals surface area (Å²) in [5, 5.41) is 8.66. The van der Waals surface area contributed by atoms with Crippen LogP contribution in [0.15, 0.2) is 22.7 Å². The molecule has 0 bridgehead atoms. The van der Waals surface area contributed by atoms with Crippen LogP contribution in [-0.2, 0) is 6.42 Å². The van der Waals surface area contributed by atoms with Crippen molar-refractivity contribution in [3.63, 3.8) is 0 Å². The summed E-state index contributed by atoms with van der Waals surface area (Å²) in [6.07, 6.45) is 0.439. The minimum atomic E-state index is 0.439. The number of rotatable bonds is 2. The van der Waals surface area contributed by atoms with Crippen LogP contribution in [-0.4, -0.2) is 14.1 Å². The van der Waals surface area contributed by atoms with Gasteiger partial charge in [-0.15, -0.1) is 0 Å². The Hall–Kier alpha value is -1.01. The van der Waals surface area contributed by atoms with Gasteiger partial charge in [0.15, 0.2) is 0 Å². The lowest BCUT2D eigenvalue weighted by atomic mass is 10.1. The molecule has 0 saturated heterocycles. The van der Waals surface area contributed by atoms with Gasteiger partial charge in [0.1, 0.15) is 0 Å². The van der Waals surface area contributed by atoms with Crippen molar-refractivity contribution in [3.8, 4) is 6.07 Å². The molecule has 68 valence electrons. The molecule has 0 N–H and O–H groups in total. The smallest absolute Gasteiger partial charge is 0.0670 e. The fourth-order valence-electron chi connectivity index (χ4n) is 1.22. The molecule has 0 radical (unpaired) electrons. The monoisotopic (exact) mass is 238 g/mol. The SMILES string of the molecule is CN(C)c1cccc(Br)c1CC#N. The zero-order chi connectivity index (χ0) is 9.84. The fourth-order valence-corrected chi connectivity index (χ4v) is 1.72. The Morgan fingerprint density at radius 2 is 2.15 bits per heavy atom. The first-order valence-corrected chi connectivity index (χ1v) is 4.77. The third kappa shape index (κ3) is 2.22. The molecule has 1 aromatic rings. The maximum Gasteiger partial charge on any atom is 0.0670 e. The van der Waals surface area contributed by atoms with E-state index < -0.39 is 0 Å². The molecular formula is C10H11BrN2. The van der Waals surface area contributed by atoms with Crippen molar-refractivity contribution >= 4 is 21.6 Å². The topological polar surface area (TPSA) is 27.0 Å². The minimum Gasteiger partial charge on any atom is -0.377 e. The Bertz CT molecular complexity index is 339. The highest BCUT2D eigenvalue weighted by molar-refractivity contribution is 9.10. The fraction of sp³-hybridized carbons (Fsp3) is 0.300. The van der Waals surface area contributed by atoms with Gasteiger partial charge in [0.05, 0.1) is 12.5 Å². The standard InChI is InChI=1S/C10H11BrN2/c1-13(2)10-5-3-4-9(11)8(10)6-7-12/h3-5H,6H2,1-2H3. The number of hydrogen-bond acceptors (Lipinski definition) is 2. The highest BCUT2D eigenvalue weighted by Gasteiger charge is 2.06. The highest BCUT2D eigenvalue weighted by atomic mass is 79.9. The van der Waals surface area contributed by atoms with E-state index >= 15 is 0 Å². The second-order valence-corrected chi connectivity index (χ2v) is 3.82. The molecule has 0 amide bonds. The van der Waals surface area contributed by atoms with Crippen LogP contribution in [0.2, 0.25) is 0 Å². The number of halogens is 1. The Morgan fingerprint density at radius 3 is 2.69 bits per heavy atom.